The fraction of sp³-hybridized carbons (Fsp3) is 0.235. The van der Waals surface area contributed by atoms with Crippen molar-refractivity contribution in [2.75, 3.05) is 11.9 Å². The van der Waals surface area contributed by atoms with Crippen LogP contribution in [-0.4, -0.2) is 13.0 Å². The molecule has 0 aliphatic heterocycles. The van der Waals surface area contributed by atoms with Crippen LogP contribution in [-0.2, 0) is 4.79 Å². The summed E-state index contributed by atoms with van der Waals surface area (Å²) in [6, 6.07) is 15.8. The van der Waals surface area contributed by atoms with E-state index < -0.39 is 0 Å². The maximum absolute atomic E-state index is 12.7. The molecule has 1 atom stereocenters. The van der Waals surface area contributed by atoms with E-state index in [0.717, 1.165) is 21.3 Å². The number of carbonyl (C=O) groups is 1. The van der Waals surface area contributed by atoms with Gasteiger partial charge >= 0.3 is 0 Å². The summed E-state index contributed by atoms with van der Waals surface area (Å²) in [6.45, 7) is 3.96. The molecule has 0 N–H and O–H groups in total. The second-order valence-electron chi connectivity index (χ2n) is 4.93. The number of anilines is 1. The Morgan fingerprint density at radius 1 is 1.10 bits per heavy atom. The van der Waals surface area contributed by atoms with E-state index in [1.54, 1.807) is 4.90 Å². The van der Waals surface area contributed by atoms with Crippen LogP contribution in [0.1, 0.15) is 24.0 Å². The number of rotatable bonds is 3. The molecule has 0 unspecified atom stereocenters. The summed E-state index contributed by atoms with van der Waals surface area (Å²) in [4.78, 5) is 14.4. The second-order valence-corrected chi connectivity index (χ2v) is 5.79. The highest BCUT2D eigenvalue weighted by Crippen LogP contribution is 2.31. The van der Waals surface area contributed by atoms with Crippen LogP contribution >= 0.6 is 15.9 Å². The Morgan fingerprint density at radius 2 is 1.75 bits per heavy atom. The molecule has 20 heavy (non-hydrogen) atoms. The van der Waals surface area contributed by atoms with Crippen molar-refractivity contribution in [3.8, 4) is 0 Å². The van der Waals surface area contributed by atoms with Gasteiger partial charge < -0.3 is 4.90 Å². The summed E-state index contributed by atoms with van der Waals surface area (Å²) < 4.78 is 0.939. The summed E-state index contributed by atoms with van der Waals surface area (Å²) >= 11 is 3.53. The van der Waals surface area contributed by atoms with Gasteiger partial charge in [-0.3, -0.25) is 4.79 Å². The normalized spacial score (nSPS) is 12.0. The Hall–Kier alpha value is -1.61. The van der Waals surface area contributed by atoms with Crippen LogP contribution in [0.15, 0.2) is 53.0 Å². The first-order valence-corrected chi connectivity index (χ1v) is 7.39. The van der Waals surface area contributed by atoms with Gasteiger partial charge in [0.1, 0.15) is 0 Å². The lowest BCUT2D eigenvalue weighted by atomic mass is 9.99. The number of likely N-dealkylation sites (N-methyl/N-ethyl adjacent to an activating group) is 1. The summed E-state index contributed by atoms with van der Waals surface area (Å²) in [5.41, 5.74) is 3.05. The molecule has 2 rings (SSSR count). The Morgan fingerprint density at radius 3 is 2.35 bits per heavy atom. The predicted molar refractivity (Wildman–Crippen MR) is 87.1 cm³/mol. The number of hydrogen-bond acceptors (Lipinski definition) is 1. The number of aryl methyl sites for hydroxylation is 1. The van der Waals surface area contributed by atoms with Crippen molar-refractivity contribution in [3.05, 3.63) is 64.1 Å². The third-order valence-electron chi connectivity index (χ3n) is 3.52. The molecule has 2 aromatic carbocycles. The first-order chi connectivity index (χ1) is 9.52. The minimum absolute atomic E-state index is 0.0891. The number of para-hydroxylation sites is 1. The van der Waals surface area contributed by atoms with Crippen molar-refractivity contribution in [1.82, 2.24) is 0 Å². The van der Waals surface area contributed by atoms with Gasteiger partial charge in [0, 0.05) is 11.5 Å². The zero-order valence-corrected chi connectivity index (χ0v) is 13.5. The summed E-state index contributed by atoms with van der Waals surface area (Å²) in [5, 5.41) is 0. The summed E-state index contributed by atoms with van der Waals surface area (Å²) in [7, 11) is 1.83. The van der Waals surface area contributed by atoms with Crippen LogP contribution in [0.5, 0.6) is 0 Å². The van der Waals surface area contributed by atoms with Crippen molar-refractivity contribution in [2.24, 2.45) is 0 Å². The van der Waals surface area contributed by atoms with Gasteiger partial charge in [-0.15, -0.1) is 0 Å². The molecule has 104 valence electrons. The highest BCUT2D eigenvalue weighted by Gasteiger charge is 2.22. The van der Waals surface area contributed by atoms with Crippen molar-refractivity contribution < 1.29 is 4.79 Å². The molecule has 0 aliphatic rings. The minimum atomic E-state index is -0.160. The van der Waals surface area contributed by atoms with Gasteiger partial charge in [-0.25, -0.2) is 0 Å². The van der Waals surface area contributed by atoms with Gasteiger partial charge in [0.2, 0.25) is 5.91 Å². The lowest BCUT2D eigenvalue weighted by molar-refractivity contribution is -0.119. The van der Waals surface area contributed by atoms with Gasteiger partial charge in [-0.1, -0.05) is 42.5 Å². The molecule has 0 fully saturated rings. The largest absolute Gasteiger partial charge is 0.314 e. The third kappa shape index (κ3) is 2.93. The minimum Gasteiger partial charge on any atom is -0.314 e. The summed E-state index contributed by atoms with van der Waals surface area (Å²) in [6.07, 6.45) is 0. The van der Waals surface area contributed by atoms with E-state index in [9.17, 15) is 4.79 Å². The van der Waals surface area contributed by atoms with Crippen molar-refractivity contribution in [3.63, 3.8) is 0 Å². The van der Waals surface area contributed by atoms with E-state index in [0.29, 0.717) is 0 Å². The lowest BCUT2D eigenvalue weighted by Gasteiger charge is -2.24. The summed E-state index contributed by atoms with van der Waals surface area (Å²) in [5.74, 6) is -0.0705. The SMILES string of the molecule is Cc1cccc(Br)c1N(C)C(=O)[C@H](C)c1ccccc1. The van der Waals surface area contributed by atoms with Gasteiger partial charge in [0.15, 0.2) is 0 Å². The van der Waals surface area contributed by atoms with Crippen LogP contribution in [0.2, 0.25) is 0 Å². The molecule has 0 saturated carbocycles. The topological polar surface area (TPSA) is 20.3 Å². The Balaban J connectivity index is 2.29. The first kappa shape index (κ1) is 14.8. The van der Waals surface area contributed by atoms with E-state index in [1.807, 2.05) is 69.4 Å². The van der Waals surface area contributed by atoms with E-state index in [1.165, 1.54) is 0 Å². The molecular weight excluding hydrogens is 314 g/mol. The smallest absolute Gasteiger partial charge is 0.234 e. The number of carbonyl (C=O) groups excluding carboxylic acids is 1. The molecule has 0 heterocycles. The molecule has 1 amide bonds. The van der Waals surface area contributed by atoms with E-state index in [4.69, 9.17) is 0 Å². The van der Waals surface area contributed by atoms with Gasteiger partial charge in [-0.2, -0.15) is 0 Å². The molecule has 0 saturated heterocycles. The Labute approximate surface area is 128 Å². The van der Waals surface area contributed by atoms with Gasteiger partial charge in [0.25, 0.3) is 0 Å². The Bertz CT molecular complexity index is 589. The molecule has 2 aromatic rings. The van der Waals surface area contributed by atoms with Crippen molar-refractivity contribution in [1.29, 1.82) is 0 Å². The third-order valence-corrected chi connectivity index (χ3v) is 4.16. The average Bonchev–Trinajstić information content (AvgIpc) is 2.46. The fourth-order valence-electron chi connectivity index (χ4n) is 2.33. The Kier molecular flexibility index (Phi) is 4.61. The monoisotopic (exact) mass is 331 g/mol. The number of amides is 1. The van der Waals surface area contributed by atoms with Crippen molar-refractivity contribution in [2.45, 2.75) is 19.8 Å². The highest BCUT2D eigenvalue weighted by molar-refractivity contribution is 9.10. The van der Waals surface area contributed by atoms with Crippen molar-refractivity contribution >= 4 is 27.5 Å². The average molecular weight is 332 g/mol. The number of halogens is 1. The van der Waals surface area contributed by atoms with E-state index in [2.05, 4.69) is 15.9 Å². The van der Waals surface area contributed by atoms with Crippen LogP contribution in [0, 0.1) is 6.92 Å². The number of benzene rings is 2. The molecule has 0 bridgehead atoms. The van der Waals surface area contributed by atoms with Crippen LogP contribution in [0.3, 0.4) is 0 Å². The molecule has 0 aromatic heterocycles. The lowest BCUT2D eigenvalue weighted by Crippen LogP contribution is -2.31. The maximum atomic E-state index is 12.7. The van der Waals surface area contributed by atoms with Crippen LogP contribution < -0.4 is 4.90 Å². The highest BCUT2D eigenvalue weighted by atomic mass is 79.9. The second kappa shape index (κ2) is 6.23. The standard InChI is InChI=1S/C17H18BrNO/c1-12-8-7-11-15(18)16(12)19(3)17(20)13(2)14-9-5-4-6-10-14/h4-11,13H,1-3H3/t13-/m1/s1. The number of hydrogen-bond donors (Lipinski definition) is 0. The number of nitrogens with zero attached hydrogens (tertiary/aromatic N) is 1. The molecular formula is C17H18BrNO. The molecule has 3 heteroatoms. The van der Waals surface area contributed by atoms with E-state index >= 15 is 0 Å². The molecule has 0 spiro atoms. The molecule has 2 nitrogen and oxygen atoms in total. The predicted octanol–water partition coefficient (Wildman–Crippen LogP) is 4.52. The zero-order chi connectivity index (χ0) is 14.7. The van der Waals surface area contributed by atoms with Crippen LogP contribution in [0.25, 0.3) is 0 Å². The van der Waals surface area contributed by atoms with Gasteiger partial charge in [0.05, 0.1) is 11.6 Å². The van der Waals surface area contributed by atoms with Gasteiger partial charge in [-0.05, 0) is 47.0 Å². The fourth-order valence-corrected chi connectivity index (χ4v) is 3.06. The molecule has 0 radical (unpaired) electrons. The molecule has 0 aliphatic carbocycles. The first-order valence-electron chi connectivity index (χ1n) is 6.60. The zero-order valence-electron chi connectivity index (χ0n) is 11.9. The van der Waals surface area contributed by atoms with Crippen LogP contribution in [0.4, 0.5) is 5.69 Å². The van der Waals surface area contributed by atoms with E-state index in [-0.39, 0.29) is 11.8 Å². The quantitative estimate of drug-likeness (QED) is 0.809. The maximum Gasteiger partial charge on any atom is 0.234 e.